The summed E-state index contributed by atoms with van der Waals surface area (Å²) in [6.07, 6.45) is 1.42. The minimum atomic E-state index is -0.799. The van der Waals surface area contributed by atoms with E-state index in [0.717, 1.165) is 30.2 Å². The summed E-state index contributed by atoms with van der Waals surface area (Å²) in [6, 6.07) is 15.8. The molecule has 0 saturated carbocycles. The van der Waals surface area contributed by atoms with Crippen molar-refractivity contribution in [3.63, 3.8) is 0 Å². The van der Waals surface area contributed by atoms with Crippen molar-refractivity contribution in [2.24, 2.45) is 0 Å². The fourth-order valence-electron chi connectivity index (χ4n) is 2.78. The molecule has 0 aliphatic carbocycles. The van der Waals surface area contributed by atoms with Gasteiger partial charge in [0, 0.05) is 5.56 Å². The average molecular weight is 283 g/mol. The van der Waals surface area contributed by atoms with E-state index in [1.165, 1.54) is 5.56 Å². The summed E-state index contributed by atoms with van der Waals surface area (Å²) in [4.78, 5) is 0. The van der Waals surface area contributed by atoms with Gasteiger partial charge in [-0.3, -0.25) is 0 Å². The number of hydrogen-bond donors (Lipinski definition) is 2. The van der Waals surface area contributed by atoms with E-state index in [-0.39, 0.29) is 0 Å². The number of rotatable bonds is 3. The van der Waals surface area contributed by atoms with Crippen LogP contribution in [-0.4, -0.2) is 18.2 Å². The maximum absolute atomic E-state index is 10.9. The van der Waals surface area contributed by atoms with E-state index in [2.05, 4.69) is 12.2 Å². The Bertz CT molecular complexity index is 601. The Hall–Kier alpha value is -1.84. The zero-order chi connectivity index (χ0) is 14.7. The van der Waals surface area contributed by atoms with Crippen LogP contribution < -0.4 is 10.1 Å². The molecule has 1 aliphatic rings. The van der Waals surface area contributed by atoms with E-state index in [4.69, 9.17) is 4.74 Å². The smallest absolute Gasteiger partial charge is 0.133 e. The number of para-hydroxylation sites is 1. The van der Waals surface area contributed by atoms with Crippen LogP contribution in [0.15, 0.2) is 48.5 Å². The molecule has 0 unspecified atom stereocenters. The van der Waals surface area contributed by atoms with Gasteiger partial charge in [-0.1, -0.05) is 35.9 Å². The molecule has 0 spiro atoms. The van der Waals surface area contributed by atoms with Crippen LogP contribution in [0.1, 0.15) is 24.0 Å². The van der Waals surface area contributed by atoms with Crippen molar-refractivity contribution in [1.82, 2.24) is 5.32 Å². The molecule has 3 rings (SSSR count). The predicted octanol–water partition coefficient (Wildman–Crippen LogP) is 3.36. The molecule has 1 heterocycles. The number of piperidine rings is 1. The van der Waals surface area contributed by atoms with Crippen LogP contribution >= 0.6 is 0 Å². The zero-order valence-electron chi connectivity index (χ0n) is 12.3. The number of nitrogens with one attached hydrogen (secondary N) is 1. The Morgan fingerprint density at radius 2 is 1.67 bits per heavy atom. The molecule has 1 aliphatic heterocycles. The Kier molecular flexibility index (Phi) is 3.95. The van der Waals surface area contributed by atoms with Crippen LogP contribution in [0, 0.1) is 6.92 Å². The lowest BCUT2D eigenvalue weighted by molar-refractivity contribution is 0.00430. The van der Waals surface area contributed by atoms with Crippen LogP contribution in [0.2, 0.25) is 0 Å². The molecule has 110 valence electrons. The van der Waals surface area contributed by atoms with Gasteiger partial charge in [-0.25, -0.2) is 0 Å². The van der Waals surface area contributed by atoms with E-state index >= 15 is 0 Å². The molecule has 0 radical (unpaired) electrons. The van der Waals surface area contributed by atoms with Crippen molar-refractivity contribution < 1.29 is 9.84 Å². The lowest BCUT2D eigenvalue weighted by atomic mass is 9.84. The second kappa shape index (κ2) is 5.88. The van der Waals surface area contributed by atoms with Crippen molar-refractivity contribution in [3.8, 4) is 11.5 Å². The lowest BCUT2D eigenvalue weighted by Gasteiger charge is -2.34. The third-order valence-electron chi connectivity index (χ3n) is 4.07. The largest absolute Gasteiger partial charge is 0.457 e. The van der Waals surface area contributed by atoms with Gasteiger partial charge >= 0.3 is 0 Å². The van der Waals surface area contributed by atoms with Gasteiger partial charge < -0.3 is 15.2 Å². The van der Waals surface area contributed by atoms with Crippen LogP contribution in [0.5, 0.6) is 11.5 Å². The predicted molar refractivity (Wildman–Crippen MR) is 83.7 cm³/mol. The minimum absolute atomic E-state index is 0.710. The summed E-state index contributed by atoms with van der Waals surface area (Å²) in [7, 11) is 0. The molecular weight excluding hydrogens is 262 g/mol. The molecule has 3 heteroatoms. The van der Waals surface area contributed by atoms with E-state index in [1.807, 2.05) is 48.5 Å². The fraction of sp³-hybridized carbons (Fsp3) is 0.333. The normalized spacial score (nSPS) is 17.4. The van der Waals surface area contributed by atoms with Gasteiger partial charge in [-0.15, -0.1) is 0 Å². The summed E-state index contributed by atoms with van der Waals surface area (Å²) < 4.78 is 6.00. The number of aliphatic hydroxyl groups is 1. The Morgan fingerprint density at radius 3 is 2.38 bits per heavy atom. The van der Waals surface area contributed by atoms with Crippen LogP contribution in [0.25, 0.3) is 0 Å². The molecule has 2 aromatic carbocycles. The molecule has 0 amide bonds. The second-order valence-corrected chi connectivity index (χ2v) is 5.69. The quantitative estimate of drug-likeness (QED) is 0.907. The first-order valence-corrected chi connectivity index (χ1v) is 7.44. The summed E-state index contributed by atoms with van der Waals surface area (Å²) in [6.45, 7) is 3.71. The number of aryl methyl sites for hydroxylation is 1. The van der Waals surface area contributed by atoms with Gasteiger partial charge in [0.1, 0.15) is 11.5 Å². The summed E-state index contributed by atoms with van der Waals surface area (Å²) in [5.74, 6) is 1.54. The molecule has 21 heavy (non-hydrogen) atoms. The maximum atomic E-state index is 10.9. The van der Waals surface area contributed by atoms with Gasteiger partial charge in [0.2, 0.25) is 0 Å². The highest BCUT2D eigenvalue weighted by molar-refractivity contribution is 5.42. The van der Waals surface area contributed by atoms with Crippen molar-refractivity contribution in [2.45, 2.75) is 25.4 Å². The fourth-order valence-corrected chi connectivity index (χ4v) is 2.78. The number of hydrogen-bond acceptors (Lipinski definition) is 3. The molecule has 1 fully saturated rings. The van der Waals surface area contributed by atoms with Crippen molar-refractivity contribution >= 4 is 0 Å². The molecule has 2 aromatic rings. The monoisotopic (exact) mass is 283 g/mol. The highest BCUT2D eigenvalue weighted by atomic mass is 16.5. The van der Waals surface area contributed by atoms with Gasteiger partial charge in [0.15, 0.2) is 0 Å². The van der Waals surface area contributed by atoms with E-state index in [9.17, 15) is 5.11 Å². The third-order valence-corrected chi connectivity index (χ3v) is 4.07. The van der Waals surface area contributed by atoms with Crippen LogP contribution in [0.3, 0.4) is 0 Å². The lowest BCUT2D eigenvalue weighted by Crippen LogP contribution is -2.39. The second-order valence-electron chi connectivity index (χ2n) is 5.69. The van der Waals surface area contributed by atoms with E-state index in [0.29, 0.717) is 12.8 Å². The Balaban J connectivity index is 1.90. The first-order chi connectivity index (χ1) is 10.2. The Labute approximate surface area is 125 Å². The summed E-state index contributed by atoms with van der Waals surface area (Å²) in [5.41, 5.74) is 1.28. The SMILES string of the molecule is Cc1ccc(Oc2ccccc2C2(O)CCNCC2)cc1. The number of ether oxygens (including phenoxy) is 1. The van der Waals surface area contributed by atoms with Crippen LogP contribution in [-0.2, 0) is 5.60 Å². The minimum Gasteiger partial charge on any atom is -0.457 e. The maximum Gasteiger partial charge on any atom is 0.133 e. The zero-order valence-corrected chi connectivity index (χ0v) is 12.3. The van der Waals surface area contributed by atoms with E-state index < -0.39 is 5.60 Å². The van der Waals surface area contributed by atoms with Gasteiger partial charge in [-0.05, 0) is 51.1 Å². The third kappa shape index (κ3) is 3.09. The number of benzene rings is 2. The van der Waals surface area contributed by atoms with E-state index in [1.54, 1.807) is 0 Å². The van der Waals surface area contributed by atoms with Gasteiger partial charge in [0.25, 0.3) is 0 Å². The van der Waals surface area contributed by atoms with Gasteiger partial charge in [0.05, 0.1) is 5.60 Å². The summed E-state index contributed by atoms with van der Waals surface area (Å²) in [5, 5.41) is 14.2. The molecule has 3 nitrogen and oxygen atoms in total. The highest BCUT2D eigenvalue weighted by Gasteiger charge is 2.33. The molecule has 2 N–H and O–H groups in total. The standard InChI is InChI=1S/C18H21NO2/c1-14-6-8-15(9-7-14)21-17-5-3-2-4-16(17)18(20)10-12-19-13-11-18/h2-9,19-20H,10-13H2,1H3. The molecule has 0 aromatic heterocycles. The van der Waals surface area contributed by atoms with Crippen LogP contribution in [0.4, 0.5) is 0 Å². The Morgan fingerprint density at radius 1 is 1.00 bits per heavy atom. The first-order valence-electron chi connectivity index (χ1n) is 7.44. The van der Waals surface area contributed by atoms with Gasteiger partial charge in [-0.2, -0.15) is 0 Å². The summed E-state index contributed by atoms with van der Waals surface area (Å²) >= 11 is 0. The molecular formula is C18H21NO2. The highest BCUT2D eigenvalue weighted by Crippen LogP contribution is 2.38. The van der Waals surface area contributed by atoms with Crippen molar-refractivity contribution in [3.05, 3.63) is 59.7 Å². The molecule has 0 atom stereocenters. The van der Waals surface area contributed by atoms with Crippen molar-refractivity contribution in [2.75, 3.05) is 13.1 Å². The van der Waals surface area contributed by atoms with Crippen molar-refractivity contribution in [1.29, 1.82) is 0 Å². The molecule has 0 bridgehead atoms. The molecule has 1 saturated heterocycles. The first kappa shape index (κ1) is 14.1. The average Bonchev–Trinajstić information content (AvgIpc) is 2.51. The topological polar surface area (TPSA) is 41.5 Å².